The number of hydrogen-bond acceptors (Lipinski definition) is 3. The molecular formula is C18H30N2O. The van der Waals surface area contributed by atoms with Gasteiger partial charge in [0, 0.05) is 25.7 Å². The van der Waals surface area contributed by atoms with Crippen molar-refractivity contribution >= 4 is 0 Å². The van der Waals surface area contributed by atoms with Gasteiger partial charge >= 0.3 is 0 Å². The molecule has 0 spiro atoms. The van der Waals surface area contributed by atoms with Gasteiger partial charge in [-0.15, -0.1) is 0 Å². The van der Waals surface area contributed by atoms with Gasteiger partial charge in [0.2, 0.25) is 0 Å². The summed E-state index contributed by atoms with van der Waals surface area (Å²) in [6.45, 7) is 7.28. The van der Waals surface area contributed by atoms with Crippen LogP contribution in [0.4, 0.5) is 0 Å². The van der Waals surface area contributed by atoms with Crippen molar-refractivity contribution in [3.8, 4) is 0 Å². The van der Waals surface area contributed by atoms with Crippen molar-refractivity contribution in [1.82, 2.24) is 10.2 Å². The van der Waals surface area contributed by atoms with Gasteiger partial charge in [-0.25, -0.2) is 0 Å². The fraction of sp³-hybridized carbons (Fsp3) is 0.667. The minimum Gasteiger partial charge on any atom is -0.396 e. The molecule has 21 heavy (non-hydrogen) atoms. The summed E-state index contributed by atoms with van der Waals surface area (Å²) in [5.74, 6) is 0.899. The first-order chi connectivity index (χ1) is 10.3. The lowest BCUT2D eigenvalue weighted by Gasteiger charge is -2.31. The SMILES string of the molecule is CC1CCN(CCNC(CCCO)c2ccccc2)CC1. The van der Waals surface area contributed by atoms with Gasteiger partial charge in [0.15, 0.2) is 0 Å². The third-order valence-corrected chi connectivity index (χ3v) is 4.55. The van der Waals surface area contributed by atoms with E-state index in [-0.39, 0.29) is 6.61 Å². The summed E-state index contributed by atoms with van der Waals surface area (Å²) in [7, 11) is 0. The second-order valence-corrected chi connectivity index (χ2v) is 6.31. The first kappa shape index (κ1) is 16.5. The maximum absolute atomic E-state index is 9.08. The quantitative estimate of drug-likeness (QED) is 0.773. The number of nitrogens with one attached hydrogen (secondary N) is 1. The van der Waals surface area contributed by atoms with E-state index in [2.05, 4.69) is 47.5 Å². The Kier molecular flexibility index (Phi) is 7.20. The first-order valence-corrected chi connectivity index (χ1v) is 8.41. The van der Waals surface area contributed by atoms with Crippen molar-refractivity contribution in [1.29, 1.82) is 0 Å². The molecule has 1 saturated heterocycles. The number of rotatable bonds is 8. The van der Waals surface area contributed by atoms with Gasteiger partial charge in [-0.1, -0.05) is 37.3 Å². The van der Waals surface area contributed by atoms with Gasteiger partial charge in [-0.2, -0.15) is 0 Å². The lowest BCUT2D eigenvalue weighted by Crippen LogP contribution is -2.38. The largest absolute Gasteiger partial charge is 0.396 e. The molecule has 0 aliphatic carbocycles. The zero-order valence-corrected chi connectivity index (χ0v) is 13.3. The molecule has 2 rings (SSSR count). The Labute approximate surface area is 129 Å². The maximum Gasteiger partial charge on any atom is 0.0431 e. The molecule has 3 nitrogen and oxygen atoms in total. The molecule has 1 fully saturated rings. The minimum atomic E-state index is 0.273. The van der Waals surface area contributed by atoms with Gasteiger partial charge in [-0.3, -0.25) is 0 Å². The lowest BCUT2D eigenvalue weighted by atomic mass is 9.99. The van der Waals surface area contributed by atoms with Crippen LogP contribution in [0.5, 0.6) is 0 Å². The van der Waals surface area contributed by atoms with Crippen molar-refractivity contribution in [2.75, 3.05) is 32.8 Å². The number of hydrogen-bond donors (Lipinski definition) is 2. The van der Waals surface area contributed by atoms with Crippen LogP contribution in [0.3, 0.4) is 0 Å². The van der Waals surface area contributed by atoms with E-state index in [0.29, 0.717) is 6.04 Å². The lowest BCUT2D eigenvalue weighted by molar-refractivity contribution is 0.190. The van der Waals surface area contributed by atoms with Crippen molar-refractivity contribution in [3.63, 3.8) is 0 Å². The van der Waals surface area contributed by atoms with Crippen LogP contribution in [0.15, 0.2) is 30.3 Å². The average molecular weight is 290 g/mol. The van der Waals surface area contributed by atoms with Crippen molar-refractivity contribution in [3.05, 3.63) is 35.9 Å². The summed E-state index contributed by atoms with van der Waals surface area (Å²) in [6, 6.07) is 11.0. The highest BCUT2D eigenvalue weighted by Crippen LogP contribution is 2.18. The van der Waals surface area contributed by atoms with Gasteiger partial charge in [0.05, 0.1) is 0 Å². The van der Waals surface area contributed by atoms with Crippen LogP contribution in [0.25, 0.3) is 0 Å². The Balaban J connectivity index is 1.76. The summed E-state index contributed by atoms with van der Waals surface area (Å²) < 4.78 is 0. The molecule has 0 amide bonds. The molecule has 1 atom stereocenters. The van der Waals surface area contributed by atoms with Crippen molar-refractivity contribution < 1.29 is 5.11 Å². The van der Waals surface area contributed by atoms with E-state index in [0.717, 1.165) is 31.8 Å². The fourth-order valence-corrected chi connectivity index (χ4v) is 3.05. The molecule has 1 aliphatic rings. The Morgan fingerprint density at radius 1 is 1.24 bits per heavy atom. The zero-order chi connectivity index (χ0) is 14.9. The van der Waals surface area contributed by atoms with E-state index in [1.807, 2.05) is 0 Å². The van der Waals surface area contributed by atoms with Crippen LogP contribution in [0, 0.1) is 5.92 Å². The summed E-state index contributed by atoms with van der Waals surface area (Å²) in [6.07, 6.45) is 4.53. The number of piperidine rings is 1. The number of nitrogens with zero attached hydrogens (tertiary/aromatic N) is 1. The number of likely N-dealkylation sites (tertiary alicyclic amines) is 1. The maximum atomic E-state index is 9.08. The Bertz CT molecular complexity index is 374. The summed E-state index contributed by atoms with van der Waals surface area (Å²) in [5, 5.41) is 12.8. The summed E-state index contributed by atoms with van der Waals surface area (Å²) >= 11 is 0. The fourth-order valence-electron chi connectivity index (χ4n) is 3.05. The van der Waals surface area contributed by atoms with E-state index in [1.54, 1.807) is 0 Å². The van der Waals surface area contributed by atoms with E-state index in [4.69, 9.17) is 5.11 Å². The van der Waals surface area contributed by atoms with Crippen LogP contribution in [0.2, 0.25) is 0 Å². The smallest absolute Gasteiger partial charge is 0.0431 e. The molecule has 0 saturated carbocycles. The molecule has 1 aliphatic heterocycles. The zero-order valence-electron chi connectivity index (χ0n) is 13.3. The van der Waals surface area contributed by atoms with E-state index < -0.39 is 0 Å². The Hall–Kier alpha value is -0.900. The topological polar surface area (TPSA) is 35.5 Å². The summed E-state index contributed by atoms with van der Waals surface area (Å²) in [5.41, 5.74) is 1.33. The summed E-state index contributed by atoms with van der Waals surface area (Å²) in [4.78, 5) is 2.57. The molecule has 1 aromatic rings. The number of aliphatic hydroxyl groups is 1. The monoisotopic (exact) mass is 290 g/mol. The van der Waals surface area contributed by atoms with Gasteiger partial charge in [-0.05, 0) is 50.3 Å². The second-order valence-electron chi connectivity index (χ2n) is 6.31. The molecule has 0 bridgehead atoms. The normalized spacial score (nSPS) is 18.8. The predicted octanol–water partition coefficient (Wildman–Crippen LogP) is 2.82. The second kappa shape index (κ2) is 9.19. The minimum absolute atomic E-state index is 0.273. The molecule has 118 valence electrons. The van der Waals surface area contributed by atoms with Gasteiger partial charge in [0.1, 0.15) is 0 Å². The molecule has 3 heteroatoms. The number of benzene rings is 1. The van der Waals surface area contributed by atoms with Gasteiger partial charge in [0.25, 0.3) is 0 Å². The Morgan fingerprint density at radius 2 is 1.95 bits per heavy atom. The molecule has 2 N–H and O–H groups in total. The highest BCUT2D eigenvalue weighted by molar-refractivity contribution is 5.18. The standard InChI is InChI=1S/C18H30N2O/c1-16-9-12-20(13-10-16)14-11-19-18(8-5-15-21)17-6-3-2-4-7-17/h2-4,6-7,16,18-19,21H,5,8-15H2,1H3. The molecule has 1 aromatic carbocycles. The third-order valence-electron chi connectivity index (χ3n) is 4.55. The van der Waals surface area contributed by atoms with E-state index in [9.17, 15) is 0 Å². The highest BCUT2D eigenvalue weighted by Gasteiger charge is 2.16. The molecule has 0 aromatic heterocycles. The van der Waals surface area contributed by atoms with Crippen LogP contribution in [0.1, 0.15) is 44.2 Å². The predicted molar refractivity (Wildman–Crippen MR) is 88.3 cm³/mol. The third kappa shape index (κ3) is 5.77. The highest BCUT2D eigenvalue weighted by atomic mass is 16.2. The van der Waals surface area contributed by atoms with Gasteiger partial charge < -0.3 is 15.3 Å². The molecule has 1 heterocycles. The Morgan fingerprint density at radius 3 is 2.62 bits per heavy atom. The van der Waals surface area contributed by atoms with Crippen LogP contribution < -0.4 is 5.32 Å². The van der Waals surface area contributed by atoms with Crippen LogP contribution in [-0.2, 0) is 0 Å². The van der Waals surface area contributed by atoms with E-state index >= 15 is 0 Å². The van der Waals surface area contributed by atoms with Crippen LogP contribution >= 0.6 is 0 Å². The van der Waals surface area contributed by atoms with Crippen molar-refractivity contribution in [2.45, 2.75) is 38.6 Å². The molecule has 0 radical (unpaired) electrons. The number of aliphatic hydroxyl groups excluding tert-OH is 1. The van der Waals surface area contributed by atoms with Crippen molar-refractivity contribution in [2.24, 2.45) is 5.92 Å². The average Bonchev–Trinajstić information content (AvgIpc) is 2.53. The van der Waals surface area contributed by atoms with E-state index in [1.165, 1.54) is 31.5 Å². The van der Waals surface area contributed by atoms with Crippen LogP contribution in [-0.4, -0.2) is 42.8 Å². The first-order valence-electron chi connectivity index (χ1n) is 8.41. The molecular weight excluding hydrogens is 260 g/mol. The molecule has 1 unspecified atom stereocenters.